The van der Waals surface area contributed by atoms with Gasteiger partial charge >= 0.3 is 0 Å². The molecule has 1 saturated heterocycles. The van der Waals surface area contributed by atoms with E-state index < -0.39 is 15.9 Å². The van der Waals surface area contributed by atoms with Gasteiger partial charge in [-0.2, -0.15) is 0 Å². The molecule has 0 radical (unpaired) electrons. The zero-order chi connectivity index (χ0) is 12.2. The van der Waals surface area contributed by atoms with Crippen LogP contribution in [0.1, 0.15) is 13.8 Å². The van der Waals surface area contributed by atoms with Gasteiger partial charge in [0.15, 0.2) is 9.84 Å². The molecule has 1 rings (SSSR count). The molecule has 96 valence electrons. The Balaban J connectivity index is 2.28. The van der Waals surface area contributed by atoms with Crippen LogP contribution in [0.2, 0.25) is 0 Å². The van der Waals surface area contributed by atoms with Crippen molar-refractivity contribution in [1.82, 2.24) is 10.2 Å². The molecule has 5 nitrogen and oxygen atoms in total. The molecule has 0 aliphatic carbocycles. The van der Waals surface area contributed by atoms with Crippen molar-refractivity contribution in [1.29, 1.82) is 0 Å². The summed E-state index contributed by atoms with van der Waals surface area (Å²) in [6.45, 7) is 7.78. The molecule has 1 aliphatic rings. The summed E-state index contributed by atoms with van der Waals surface area (Å²) in [4.78, 5) is 2.25. The molecule has 0 aromatic rings. The molecule has 0 spiro atoms. The summed E-state index contributed by atoms with van der Waals surface area (Å²) in [6, 6.07) is -0.291. The average Bonchev–Trinajstić information content (AvgIpc) is 2.47. The largest absolute Gasteiger partial charge is 0.390 e. The van der Waals surface area contributed by atoms with Gasteiger partial charge in [-0.25, -0.2) is 8.42 Å². The molecule has 1 fully saturated rings. The normalized spacial score (nSPS) is 28.8. The monoisotopic (exact) mass is 250 g/mol. The fourth-order valence-corrected chi connectivity index (χ4v) is 3.75. The van der Waals surface area contributed by atoms with E-state index >= 15 is 0 Å². The highest BCUT2D eigenvalue weighted by molar-refractivity contribution is 7.91. The molecule has 1 heterocycles. The lowest BCUT2D eigenvalue weighted by atomic mass is 10.2. The lowest BCUT2D eigenvalue weighted by Gasteiger charge is -2.20. The zero-order valence-corrected chi connectivity index (χ0v) is 10.8. The van der Waals surface area contributed by atoms with Crippen molar-refractivity contribution in [2.45, 2.75) is 26.0 Å². The second-order valence-electron chi connectivity index (χ2n) is 4.23. The van der Waals surface area contributed by atoms with Crippen LogP contribution in [0.15, 0.2) is 0 Å². The quantitative estimate of drug-likeness (QED) is 0.638. The highest BCUT2D eigenvalue weighted by atomic mass is 32.2. The van der Waals surface area contributed by atoms with Gasteiger partial charge in [-0.1, -0.05) is 13.8 Å². The van der Waals surface area contributed by atoms with Crippen molar-refractivity contribution < 1.29 is 13.5 Å². The second-order valence-corrected chi connectivity index (χ2v) is 6.39. The van der Waals surface area contributed by atoms with Crippen molar-refractivity contribution in [3.05, 3.63) is 0 Å². The maximum absolute atomic E-state index is 11.3. The molecule has 2 unspecified atom stereocenters. The van der Waals surface area contributed by atoms with E-state index in [-0.39, 0.29) is 17.5 Å². The van der Waals surface area contributed by atoms with E-state index in [1.165, 1.54) is 0 Å². The third-order valence-electron chi connectivity index (χ3n) is 3.05. The van der Waals surface area contributed by atoms with E-state index in [0.717, 1.165) is 26.2 Å². The molecule has 0 aromatic heterocycles. The first-order valence-electron chi connectivity index (χ1n) is 5.82. The molecule has 2 atom stereocenters. The molecule has 2 N–H and O–H groups in total. The van der Waals surface area contributed by atoms with Gasteiger partial charge in [-0.3, -0.25) is 0 Å². The Labute approximate surface area is 97.7 Å². The fraction of sp³-hybridized carbons (Fsp3) is 1.00. The van der Waals surface area contributed by atoms with Gasteiger partial charge in [0, 0.05) is 19.1 Å². The highest BCUT2D eigenvalue weighted by Gasteiger charge is 2.35. The third kappa shape index (κ3) is 4.01. The second kappa shape index (κ2) is 5.95. The summed E-state index contributed by atoms with van der Waals surface area (Å²) >= 11 is 0. The van der Waals surface area contributed by atoms with Crippen LogP contribution in [-0.2, 0) is 9.84 Å². The Morgan fingerprint density at radius 1 is 1.31 bits per heavy atom. The van der Waals surface area contributed by atoms with Crippen LogP contribution < -0.4 is 5.32 Å². The molecule has 0 bridgehead atoms. The predicted molar refractivity (Wildman–Crippen MR) is 64.2 cm³/mol. The molecule has 0 aromatic carbocycles. The number of rotatable bonds is 6. The van der Waals surface area contributed by atoms with Gasteiger partial charge in [0.25, 0.3) is 0 Å². The number of hydrogen-bond acceptors (Lipinski definition) is 5. The fourth-order valence-electron chi connectivity index (χ4n) is 1.97. The molecule has 16 heavy (non-hydrogen) atoms. The van der Waals surface area contributed by atoms with Gasteiger partial charge in [0.05, 0.1) is 17.6 Å². The van der Waals surface area contributed by atoms with Gasteiger partial charge in [-0.05, 0) is 13.1 Å². The minimum Gasteiger partial charge on any atom is -0.390 e. The Kier molecular flexibility index (Phi) is 5.17. The summed E-state index contributed by atoms with van der Waals surface area (Å²) < 4.78 is 22.5. The third-order valence-corrected chi connectivity index (χ3v) is 4.77. The number of nitrogens with one attached hydrogen (secondary N) is 1. The van der Waals surface area contributed by atoms with Crippen LogP contribution >= 0.6 is 0 Å². The average molecular weight is 250 g/mol. The van der Waals surface area contributed by atoms with Crippen molar-refractivity contribution >= 4 is 9.84 Å². The summed E-state index contributed by atoms with van der Waals surface area (Å²) in [5.41, 5.74) is 0. The van der Waals surface area contributed by atoms with Crippen LogP contribution in [0.4, 0.5) is 0 Å². The standard InChI is InChI=1S/C10H22N2O3S/c1-3-12(4-2)6-5-11-9-7-16(14,15)8-10(9)13/h9-11,13H,3-8H2,1-2H3. The number of nitrogens with zero attached hydrogens (tertiary/aromatic N) is 1. The van der Waals surface area contributed by atoms with Crippen molar-refractivity contribution in [2.24, 2.45) is 0 Å². The number of aliphatic hydroxyl groups is 1. The SMILES string of the molecule is CCN(CC)CCNC1CS(=O)(=O)CC1O. The predicted octanol–water partition coefficient (Wildman–Crippen LogP) is -0.924. The van der Waals surface area contributed by atoms with Crippen molar-refractivity contribution in [3.63, 3.8) is 0 Å². The summed E-state index contributed by atoms with van der Waals surface area (Å²) in [6.07, 6.45) is -0.748. The van der Waals surface area contributed by atoms with Crippen LogP contribution in [0.3, 0.4) is 0 Å². The zero-order valence-electron chi connectivity index (χ0n) is 10.0. The van der Waals surface area contributed by atoms with Gasteiger partial charge in [-0.15, -0.1) is 0 Å². The summed E-state index contributed by atoms with van der Waals surface area (Å²) in [5, 5.41) is 12.7. The van der Waals surface area contributed by atoms with E-state index in [1.54, 1.807) is 0 Å². The smallest absolute Gasteiger partial charge is 0.154 e. The Morgan fingerprint density at radius 2 is 1.94 bits per heavy atom. The van der Waals surface area contributed by atoms with E-state index in [0.29, 0.717) is 0 Å². The van der Waals surface area contributed by atoms with Gasteiger partial charge in [0.1, 0.15) is 0 Å². The first-order chi connectivity index (χ1) is 7.48. The number of likely N-dealkylation sites (N-methyl/N-ethyl adjacent to an activating group) is 1. The molecule has 6 heteroatoms. The number of aliphatic hydroxyl groups excluding tert-OH is 1. The van der Waals surface area contributed by atoms with E-state index in [2.05, 4.69) is 24.1 Å². The van der Waals surface area contributed by atoms with Crippen molar-refractivity contribution in [3.8, 4) is 0 Å². The maximum atomic E-state index is 11.3. The van der Waals surface area contributed by atoms with Gasteiger partial charge in [0.2, 0.25) is 0 Å². The number of hydrogen-bond donors (Lipinski definition) is 2. The minimum atomic E-state index is -3.03. The molecular formula is C10H22N2O3S. The van der Waals surface area contributed by atoms with E-state index in [1.807, 2.05) is 0 Å². The van der Waals surface area contributed by atoms with Crippen LogP contribution in [0, 0.1) is 0 Å². The Bertz CT molecular complexity index is 301. The van der Waals surface area contributed by atoms with Gasteiger partial charge < -0.3 is 15.3 Å². The van der Waals surface area contributed by atoms with E-state index in [9.17, 15) is 13.5 Å². The van der Waals surface area contributed by atoms with E-state index in [4.69, 9.17) is 0 Å². The first-order valence-corrected chi connectivity index (χ1v) is 7.65. The lowest BCUT2D eigenvalue weighted by Crippen LogP contribution is -2.42. The van der Waals surface area contributed by atoms with Crippen LogP contribution in [0.5, 0.6) is 0 Å². The maximum Gasteiger partial charge on any atom is 0.154 e. The summed E-state index contributed by atoms with van der Waals surface area (Å²) in [5.74, 6) is -0.0393. The lowest BCUT2D eigenvalue weighted by molar-refractivity contribution is 0.163. The molecule has 0 saturated carbocycles. The summed E-state index contributed by atoms with van der Waals surface area (Å²) in [7, 11) is -3.03. The van der Waals surface area contributed by atoms with Crippen molar-refractivity contribution in [2.75, 3.05) is 37.7 Å². The first kappa shape index (κ1) is 13.9. The molecular weight excluding hydrogens is 228 g/mol. The minimum absolute atomic E-state index is 0.0619. The highest BCUT2D eigenvalue weighted by Crippen LogP contribution is 2.11. The Morgan fingerprint density at radius 3 is 2.38 bits per heavy atom. The molecule has 1 aliphatic heterocycles. The Hall–Kier alpha value is -0.170. The number of sulfone groups is 1. The van der Waals surface area contributed by atoms with Crippen LogP contribution in [0.25, 0.3) is 0 Å². The van der Waals surface area contributed by atoms with Crippen LogP contribution in [-0.4, -0.2) is 68.3 Å². The molecule has 0 amide bonds. The topological polar surface area (TPSA) is 69.6 Å².